The number of rotatable bonds is 0. The SMILES string of the molecule is Cc1ccc(C(C)(C)C)[cH-]1.Cc1ccc(C(C)(C)C)[cH-]1.Cl.Cl.[CH3-].[CH3-].[SiH2]=[Zr]. The Morgan fingerprint density at radius 2 is 0.885 bits per heavy atom. The molecule has 0 nitrogen and oxygen atoms in total. The van der Waals surface area contributed by atoms with Gasteiger partial charge in [0.2, 0.25) is 0 Å². The Morgan fingerprint density at radius 3 is 0.962 bits per heavy atom. The Balaban J connectivity index is -0.0000000904. The van der Waals surface area contributed by atoms with E-state index in [2.05, 4.69) is 91.8 Å². The zero-order valence-electron chi connectivity index (χ0n) is 18.5. The Morgan fingerprint density at radius 1 is 0.654 bits per heavy atom. The fourth-order valence-corrected chi connectivity index (χ4v) is 2.06. The van der Waals surface area contributed by atoms with Crippen molar-refractivity contribution < 1.29 is 23.3 Å². The van der Waals surface area contributed by atoms with Gasteiger partial charge in [-0.1, -0.05) is 55.4 Å². The molecule has 4 heteroatoms. The van der Waals surface area contributed by atoms with E-state index in [9.17, 15) is 0 Å². The van der Waals surface area contributed by atoms with Crippen LogP contribution in [0.15, 0.2) is 36.4 Å². The second-order valence-electron chi connectivity index (χ2n) is 7.85. The van der Waals surface area contributed by atoms with E-state index in [1.807, 2.05) is 6.88 Å². The first-order valence-electron chi connectivity index (χ1n) is 7.83. The van der Waals surface area contributed by atoms with Crippen LogP contribution < -0.4 is 0 Å². The first-order valence-corrected chi connectivity index (χ1v) is 13.8. The Labute approximate surface area is 193 Å². The van der Waals surface area contributed by atoms with Crippen LogP contribution >= 0.6 is 24.8 Å². The summed E-state index contributed by atoms with van der Waals surface area (Å²) in [5.74, 6) is 0. The predicted molar refractivity (Wildman–Crippen MR) is 127 cm³/mol. The summed E-state index contributed by atoms with van der Waals surface area (Å²) in [5, 5.41) is 0. The summed E-state index contributed by atoms with van der Waals surface area (Å²) in [4.78, 5) is 0. The van der Waals surface area contributed by atoms with Gasteiger partial charge in [-0.25, -0.2) is 24.3 Å². The van der Waals surface area contributed by atoms with E-state index < -0.39 is 0 Å². The third kappa shape index (κ3) is 14.4. The van der Waals surface area contributed by atoms with E-state index in [1.54, 1.807) is 23.3 Å². The Kier molecular flexibility index (Phi) is 23.4. The minimum absolute atomic E-state index is 0. The van der Waals surface area contributed by atoms with Crippen molar-refractivity contribution >= 4 is 31.7 Å². The van der Waals surface area contributed by atoms with Crippen molar-refractivity contribution in [2.24, 2.45) is 0 Å². The van der Waals surface area contributed by atoms with E-state index >= 15 is 0 Å². The normalized spacial score (nSPS) is 9.35. The van der Waals surface area contributed by atoms with E-state index in [0.717, 1.165) is 0 Å². The summed E-state index contributed by atoms with van der Waals surface area (Å²) in [6.07, 6.45) is 0. The summed E-state index contributed by atoms with van der Waals surface area (Å²) in [6, 6.07) is 13.2. The van der Waals surface area contributed by atoms with Crippen LogP contribution in [0.2, 0.25) is 0 Å². The molecule has 0 amide bonds. The number of hydrogen-bond acceptors (Lipinski definition) is 0. The van der Waals surface area contributed by atoms with Gasteiger partial charge in [0, 0.05) is 0 Å². The average molecular weight is 495 g/mol. The summed E-state index contributed by atoms with van der Waals surface area (Å²) in [6.45, 7) is 19.6. The van der Waals surface area contributed by atoms with Gasteiger partial charge in [0.05, 0.1) is 0 Å². The first-order chi connectivity index (χ1) is 10.00. The van der Waals surface area contributed by atoms with Gasteiger partial charge >= 0.3 is 30.2 Å². The molecule has 2 rings (SSSR count). The fourth-order valence-electron chi connectivity index (χ4n) is 2.06. The number of aryl methyl sites for hydroxylation is 2. The van der Waals surface area contributed by atoms with Crippen LogP contribution in [0.25, 0.3) is 0 Å². The van der Waals surface area contributed by atoms with Gasteiger partial charge in [0.1, 0.15) is 0 Å². The molecule has 26 heavy (non-hydrogen) atoms. The molecule has 0 radical (unpaired) electrons. The van der Waals surface area contributed by atoms with E-state index in [4.69, 9.17) is 0 Å². The molecular weight excluding hydrogens is 454 g/mol. The van der Waals surface area contributed by atoms with Gasteiger partial charge in [-0.05, 0) is 10.8 Å². The van der Waals surface area contributed by atoms with Crippen molar-refractivity contribution in [2.45, 2.75) is 66.2 Å². The molecular formula is C22H40Cl2SiZr-4. The van der Waals surface area contributed by atoms with Crippen LogP contribution in [0, 0.1) is 28.7 Å². The van der Waals surface area contributed by atoms with E-state index in [1.165, 1.54) is 22.3 Å². The van der Waals surface area contributed by atoms with Crippen molar-refractivity contribution in [2.75, 3.05) is 0 Å². The minimum atomic E-state index is 0. The molecule has 0 aromatic heterocycles. The molecule has 0 bridgehead atoms. The maximum atomic E-state index is 2.25. The van der Waals surface area contributed by atoms with Crippen LogP contribution in [0.4, 0.5) is 0 Å². The molecule has 0 spiro atoms. The third-order valence-electron chi connectivity index (χ3n) is 3.55. The summed E-state index contributed by atoms with van der Waals surface area (Å²) < 4.78 is 0. The van der Waals surface area contributed by atoms with Gasteiger partial charge < -0.3 is 14.9 Å². The van der Waals surface area contributed by atoms with Crippen molar-refractivity contribution in [3.8, 4) is 0 Å². The maximum absolute atomic E-state index is 2.25. The van der Waals surface area contributed by atoms with Gasteiger partial charge in [0.25, 0.3) is 0 Å². The predicted octanol–water partition coefficient (Wildman–Crippen LogP) is 6.85. The van der Waals surface area contributed by atoms with Crippen molar-refractivity contribution in [1.29, 1.82) is 0 Å². The van der Waals surface area contributed by atoms with Crippen LogP contribution in [-0.2, 0) is 34.2 Å². The standard InChI is InChI=1S/2C10H15.2CH3.2ClH.H2Si.Zr/c2*1-8-5-6-9(7-8)10(2,3)4;;;;;;/h2*5-7H,1-4H3;2*1H3;2*1H;1H2;/q4*-1;;;;. The third-order valence-corrected chi connectivity index (χ3v) is 3.55. The molecule has 0 aliphatic carbocycles. The van der Waals surface area contributed by atoms with Crippen LogP contribution in [0.3, 0.4) is 0 Å². The second kappa shape index (κ2) is 16.3. The van der Waals surface area contributed by atoms with Gasteiger partial charge in [-0.2, -0.15) is 34.4 Å². The molecule has 2 aromatic carbocycles. The molecule has 2 aromatic rings. The Bertz CT molecular complexity index is 507. The molecule has 0 N–H and O–H groups in total. The second-order valence-corrected chi connectivity index (χ2v) is 7.85. The van der Waals surface area contributed by atoms with E-state index in [-0.39, 0.29) is 39.7 Å². The summed E-state index contributed by atoms with van der Waals surface area (Å²) in [5.41, 5.74) is 6.23. The molecule has 0 fully saturated rings. The molecule has 0 aliphatic rings. The average Bonchev–Trinajstić information content (AvgIpc) is 3.00. The van der Waals surface area contributed by atoms with Gasteiger partial charge in [0.15, 0.2) is 0 Å². The molecule has 0 atom stereocenters. The molecule has 0 aliphatic heterocycles. The van der Waals surface area contributed by atoms with Crippen molar-refractivity contribution in [3.05, 3.63) is 73.5 Å². The zero-order valence-corrected chi connectivity index (χ0v) is 24.0. The quantitative estimate of drug-likeness (QED) is 0.278. The first kappa shape index (κ1) is 37.2. The van der Waals surface area contributed by atoms with Crippen molar-refractivity contribution in [3.63, 3.8) is 0 Å². The molecule has 0 heterocycles. The van der Waals surface area contributed by atoms with Crippen LogP contribution in [0.5, 0.6) is 0 Å². The number of hydrogen-bond donors (Lipinski definition) is 0. The van der Waals surface area contributed by atoms with Gasteiger partial charge in [-0.3, -0.25) is 0 Å². The van der Waals surface area contributed by atoms with Crippen LogP contribution in [-0.4, -0.2) is 6.88 Å². The molecule has 0 unspecified atom stereocenters. The summed E-state index contributed by atoms with van der Waals surface area (Å²) in [7, 11) is 0. The summed E-state index contributed by atoms with van der Waals surface area (Å²) >= 11 is 1.58. The molecule has 0 saturated heterocycles. The van der Waals surface area contributed by atoms with Crippen LogP contribution in [0.1, 0.15) is 63.8 Å². The topological polar surface area (TPSA) is 0 Å². The zero-order chi connectivity index (χ0) is 17.6. The van der Waals surface area contributed by atoms with E-state index in [0.29, 0.717) is 10.8 Å². The van der Waals surface area contributed by atoms with Gasteiger partial charge in [-0.15, -0.1) is 24.8 Å². The molecule has 0 saturated carbocycles. The Hall–Kier alpha value is 0.380. The number of halogens is 2. The monoisotopic (exact) mass is 492 g/mol. The van der Waals surface area contributed by atoms with Crippen molar-refractivity contribution in [1.82, 2.24) is 0 Å². The fraction of sp³-hybridized carbons (Fsp3) is 0.455. The molecule has 154 valence electrons.